The molecule has 1 aliphatic carbocycles. The molecule has 2 saturated heterocycles. The van der Waals surface area contributed by atoms with Crippen LogP contribution in [0, 0.1) is 23.6 Å². The summed E-state index contributed by atoms with van der Waals surface area (Å²) in [4.78, 5) is 13.1. The lowest BCUT2D eigenvalue weighted by Gasteiger charge is -2.40. The maximum absolute atomic E-state index is 15.4. The summed E-state index contributed by atoms with van der Waals surface area (Å²) in [6.07, 6.45) is 6.72. The van der Waals surface area contributed by atoms with Crippen molar-refractivity contribution in [2.75, 3.05) is 31.2 Å². The Bertz CT molecular complexity index is 963. The number of hydrogen-bond donors (Lipinski definition) is 1. The number of aromatic hydroxyl groups is 1. The van der Waals surface area contributed by atoms with Crippen molar-refractivity contribution in [2.24, 2.45) is 17.8 Å². The Morgan fingerprint density at radius 3 is 2.50 bits per heavy atom. The highest BCUT2D eigenvalue weighted by Gasteiger charge is 2.37. The van der Waals surface area contributed by atoms with Gasteiger partial charge in [-0.2, -0.15) is 0 Å². The molecule has 5 heteroatoms. The van der Waals surface area contributed by atoms with E-state index in [0.29, 0.717) is 23.3 Å². The number of halogens is 1. The quantitative estimate of drug-likeness (QED) is 0.679. The molecule has 2 fully saturated rings. The van der Waals surface area contributed by atoms with Gasteiger partial charge < -0.3 is 19.5 Å². The predicted molar refractivity (Wildman–Crippen MR) is 123 cm³/mol. The van der Waals surface area contributed by atoms with Crippen LogP contribution in [-0.4, -0.2) is 37.7 Å². The first-order valence-corrected chi connectivity index (χ1v) is 12.0. The molecule has 5 rings (SSSR count). The molecular formula is C27H32FNO3. The molecule has 0 radical (unpaired) electrons. The van der Waals surface area contributed by atoms with Crippen LogP contribution in [0.1, 0.15) is 54.7 Å². The number of phenolic OH excluding ortho intramolecular Hbond substituents is 1. The highest BCUT2D eigenvalue weighted by atomic mass is 19.1. The van der Waals surface area contributed by atoms with Crippen LogP contribution in [-0.2, 0) is 16.0 Å². The van der Waals surface area contributed by atoms with Crippen LogP contribution >= 0.6 is 0 Å². The molecule has 0 saturated carbocycles. The van der Waals surface area contributed by atoms with Crippen molar-refractivity contribution in [3.63, 3.8) is 0 Å². The summed E-state index contributed by atoms with van der Waals surface area (Å²) in [7, 11) is 0. The Hall–Kier alpha value is -2.40. The number of anilines is 1. The van der Waals surface area contributed by atoms with Gasteiger partial charge in [0, 0.05) is 38.1 Å². The number of benzene rings is 2. The Morgan fingerprint density at radius 1 is 1.00 bits per heavy atom. The van der Waals surface area contributed by atoms with Gasteiger partial charge in [0.25, 0.3) is 0 Å². The SMILES string of the molecule is O=CC1CCN(c2ccc([C@H]3c4ccc(O)cc4CC[C@H]3C3CCOCC3)cc2F)CC1. The molecule has 0 aromatic heterocycles. The number of hydrogen-bond acceptors (Lipinski definition) is 4. The number of fused-ring (bicyclic) bond motifs is 1. The van der Waals surface area contributed by atoms with Gasteiger partial charge in [-0.3, -0.25) is 0 Å². The summed E-state index contributed by atoms with van der Waals surface area (Å²) in [6, 6.07) is 11.5. The van der Waals surface area contributed by atoms with Crippen LogP contribution < -0.4 is 4.90 Å². The molecule has 4 nitrogen and oxygen atoms in total. The molecule has 0 amide bonds. The standard InChI is InChI=1S/C27H32FNO3/c28-25-16-21(2-6-26(25)29-11-7-18(17-30)8-12-29)27-23(19-9-13-32-14-10-19)4-1-20-15-22(31)3-5-24(20)27/h2-3,5-6,15-19,23,27,31H,1,4,7-14H2/t23-,27+/m0/s1. The Morgan fingerprint density at radius 2 is 1.78 bits per heavy atom. The smallest absolute Gasteiger partial charge is 0.146 e. The number of nitrogens with zero attached hydrogens (tertiary/aromatic N) is 1. The van der Waals surface area contributed by atoms with Gasteiger partial charge in [-0.15, -0.1) is 0 Å². The average Bonchev–Trinajstić information content (AvgIpc) is 2.84. The van der Waals surface area contributed by atoms with Crippen molar-refractivity contribution >= 4 is 12.0 Å². The van der Waals surface area contributed by atoms with E-state index in [4.69, 9.17) is 4.74 Å². The van der Waals surface area contributed by atoms with E-state index in [-0.39, 0.29) is 17.7 Å². The lowest BCUT2D eigenvalue weighted by Crippen LogP contribution is -2.35. The Balaban J connectivity index is 1.47. The molecule has 2 atom stereocenters. The van der Waals surface area contributed by atoms with Gasteiger partial charge in [-0.25, -0.2) is 4.39 Å². The second-order valence-electron chi connectivity index (χ2n) is 9.68. The minimum absolute atomic E-state index is 0.101. The van der Waals surface area contributed by atoms with Gasteiger partial charge in [0.1, 0.15) is 17.9 Å². The number of piperidine rings is 1. The number of ether oxygens (including phenoxy) is 1. The van der Waals surface area contributed by atoms with Crippen LogP contribution in [0.25, 0.3) is 0 Å². The fraction of sp³-hybridized carbons (Fsp3) is 0.519. The number of carbonyl (C=O) groups is 1. The van der Waals surface area contributed by atoms with Gasteiger partial charge in [0.2, 0.25) is 0 Å². The topological polar surface area (TPSA) is 49.8 Å². The van der Waals surface area contributed by atoms with Crippen LogP contribution in [0.5, 0.6) is 5.75 Å². The Labute approximate surface area is 189 Å². The number of carbonyl (C=O) groups excluding carboxylic acids is 1. The zero-order valence-electron chi connectivity index (χ0n) is 18.5. The molecule has 32 heavy (non-hydrogen) atoms. The minimum Gasteiger partial charge on any atom is -0.508 e. The predicted octanol–water partition coefficient (Wildman–Crippen LogP) is 5.07. The van der Waals surface area contributed by atoms with Crippen molar-refractivity contribution in [1.82, 2.24) is 0 Å². The van der Waals surface area contributed by atoms with Crippen LogP contribution in [0.15, 0.2) is 36.4 Å². The lowest BCUT2D eigenvalue weighted by molar-refractivity contribution is -0.111. The third kappa shape index (κ3) is 4.15. The first-order valence-electron chi connectivity index (χ1n) is 12.0. The molecule has 170 valence electrons. The Kier molecular flexibility index (Phi) is 6.18. The van der Waals surface area contributed by atoms with Crippen molar-refractivity contribution in [3.8, 4) is 5.75 Å². The first kappa shape index (κ1) is 21.4. The maximum Gasteiger partial charge on any atom is 0.146 e. The number of rotatable bonds is 4. The molecule has 2 aromatic rings. The largest absolute Gasteiger partial charge is 0.508 e. The normalized spacial score (nSPS) is 24.8. The third-order valence-corrected chi connectivity index (χ3v) is 7.91. The summed E-state index contributed by atoms with van der Waals surface area (Å²) < 4.78 is 21.0. The number of aryl methyl sites for hydroxylation is 1. The molecule has 2 aliphatic heterocycles. The molecule has 0 unspecified atom stereocenters. The average molecular weight is 438 g/mol. The van der Waals surface area contributed by atoms with Crippen LogP contribution in [0.2, 0.25) is 0 Å². The van der Waals surface area contributed by atoms with Crippen molar-refractivity contribution in [3.05, 3.63) is 58.9 Å². The fourth-order valence-electron chi connectivity index (χ4n) is 6.16. The molecular weight excluding hydrogens is 405 g/mol. The van der Waals surface area contributed by atoms with Gasteiger partial charge in [-0.1, -0.05) is 12.1 Å². The molecule has 0 spiro atoms. The van der Waals surface area contributed by atoms with Crippen LogP contribution in [0.4, 0.5) is 10.1 Å². The zero-order chi connectivity index (χ0) is 22.1. The number of aldehydes is 1. The van der Waals surface area contributed by atoms with Gasteiger partial charge in [-0.05, 0) is 91.3 Å². The van der Waals surface area contributed by atoms with Gasteiger partial charge >= 0.3 is 0 Å². The van der Waals surface area contributed by atoms with Crippen molar-refractivity contribution in [1.29, 1.82) is 0 Å². The lowest BCUT2D eigenvalue weighted by atomic mass is 9.65. The molecule has 0 bridgehead atoms. The first-order chi connectivity index (χ1) is 15.6. The van der Waals surface area contributed by atoms with Gasteiger partial charge in [0.15, 0.2) is 0 Å². The zero-order valence-corrected chi connectivity index (χ0v) is 18.5. The summed E-state index contributed by atoms with van der Waals surface area (Å²) in [6.45, 7) is 3.05. The highest BCUT2D eigenvalue weighted by molar-refractivity contribution is 5.56. The molecule has 2 aromatic carbocycles. The minimum atomic E-state index is -0.177. The summed E-state index contributed by atoms with van der Waals surface area (Å²) in [5, 5.41) is 10.0. The molecule has 1 N–H and O–H groups in total. The van der Waals surface area contributed by atoms with E-state index < -0.39 is 0 Å². The molecule has 2 heterocycles. The van der Waals surface area contributed by atoms with Gasteiger partial charge in [0.05, 0.1) is 5.69 Å². The second-order valence-corrected chi connectivity index (χ2v) is 9.68. The van der Waals surface area contributed by atoms with Crippen molar-refractivity contribution in [2.45, 2.75) is 44.4 Å². The van der Waals surface area contributed by atoms with Crippen molar-refractivity contribution < 1.29 is 19.0 Å². The summed E-state index contributed by atoms with van der Waals surface area (Å²) >= 11 is 0. The van der Waals surface area contributed by atoms with E-state index in [0.717, 1.165) is 76.7 Å². The summed E-state index contributed by atoms with van der Waals surface area (Å²) in [5.74, 6) is 1.37. The monoisotopic (exact) mass is 437 g/mol. The van der Waals surface area contributed by atoms with E-state index in [2.05, 4.69) is 11.0 Å². The third-order valence-electron chi connectivity index (χ3n) is 7.91. The van der Waals surface area contributed by atoms with E-state index in [9.17, 15) is 9.90 Å². The maximum atomic E-state index is 15.4. The summed E-state index contributed by atoms with van der Waals surface area (Å²) in [5.41, 5.74) is 4.07. The fourth-order valence-corrected chi connectivity index (χ4v) is 6.16. The van der Waals surface area contributed by atoms with E-state index in [1.165, 1.54) is 11.1 Å². The van der Waals surface area contributed by atoms with E-state index in [1.807, 2.05) is 18.2 Å². The number of phenols is 1. The molecule has 3 aliphatic rings. The van der Waals surface area contributed by atoms with E-state index in [1.54, 1.807) is 12.1 Å². The van der Waals surface area contributed by atoms with E-state index >= 15 is 4.39 Å². The second kappa shape index (κ2) is 9.22. The van der Waals surface area contributed by atoms with Crippen LogP contribution in [0.3, 0.4) is 0 Å². The highest BCUT2D eigenvalue weighted by Crippen LogP contribution is 2.47.